The highest BCUT2D eigenvalue weighted by molar-refractivity contribution is 7.90. The van der Waals surface area contributed by atoms with Gasteiger partial charge in [-0.05, 0) is 25.8 Å². The third-order valence-corrected chi connectivity index (χ3v) is 5.86. The van der Waals surface area contributed by atoms with Crippen molar-refractivity contribution >= 4 is 16.0 Å². The minimum Gasteiger partial charge on any atom is -0.460 e. The molecule has 3 aliphatic rings. The van der Waals surface area contributed by atoms with E-state index in [1.807, 2.05) is 0 Å². The second-order valence-electron chi connectivity index (χ2n) is 5.56. The molecular weight excluding hydrogens is 266 g/mol. The zero-order valence-corrected chi connectivity index (χ0v) is 11.8. The number of piperidine rings is 1. The Kier molecular flexibility index (Phi) is 3.66. The number of hydrogen-bond acceptors (Lipinski definition) is 5. The Balaban J connectivity index is 1.75. The van der Waals surface area contributed by atoms with Crippen LogP contribution < -0.4 is 10.0 Å². The predicted octanol–water partition coefficient (Wildman–Crippen LogP) is 0.355. The maximum Gasteiger partial charge on any atom is 0.299 e. The first-order chi connectivity index (χ1) is 9.15. The quantitative estimate of drug-likeness (QED) is 0.729. The largest absolute Gasteiger partial charge is 0.460 e. The van der Waals surface area contributed by atoms with Crippen LogP contribution in [0.15, 0.2) is 4.99 Å². The second kappa shape index (κ2) is 5.28. The van der Waals surface area contributed by atoms with Crippen LogP contribution in [0.3, 0.4) is 0 Å². The van der Waals surface area contributed by atoms with Crippen molar-refractivity contribution in [2.24, 2.45) is 4.99 Å². The van der Waals surface area contributed by atoms with Crippen molar-refractivity contribution in [3.05, 3.63) is 0 Å². The van der Waals surface area contributed by atoms with Crippen molar-refractivity contribution in [3.63, 3.8) is 0 Å². The zero-order valence-electron chi connectivity index (χ0n) is 11.0. The number of sulfonamides is 1. The van der Waals surface area contributed by atoms with E-state index in [0.29, 0.717) is 6.54 Å². The summed E-state index contributed by atoms with van der Waals surface area (Å²) in [6, 6.07) is 0.430. The van der Waals surface area contributed by atoms with Gasteiger partial charge >= 0.3 is 0 Å². The van der Waals surface area contributed by atoms with E-state index in [0.717, 1.165) is 25.8 Å². The molecule has 2 N–H and O–H groups in total. The van der Waals surface area contributed by atoms with Gasteiger partial charge in [-0.1, -0.05) is 19.3 Å². The van der Waals surface area contributed by atoms with Gasteiger partial charge in [-0.15, -0.1) is 0 Å². The Morgan fingerprint density at radius 3 is 2.74 bits per heavy atom. The first-order valence-electron chi connectivity index (χ1n) is 7.12. The number of fused-ring (bicyclic) bond motifs is 1. The molecule has 0 aromatic rings. The van der Waals surface area contributed by atoms with Gasteiger partial charge in [0.2, 0.25) is 10.0 Å². The summed E-state index contributed by atoms with van der Waals surface area (Å²) in [4.78, 5) is 4.47. The lowest BCUT2D eigenvalue weighted by atomic mass is 9.96. The minimum absolute atomic E-state index is 0.213. The predicted molar refractivity (Wildman–Crippen MR) is 72.5 cm³/mol. The number of ether oxygens (including phenoxy) is 1. The molecule has 0 unspecified atom stereocenters. The Morgan fingerprint density at radius 2 is 1.95 bits per heavy atom. The van der Waals surface area contributed by atoms with Gasteiger partial charge in [0, 0.05) is 6.54 Å². The molecule has 0 aromatic heterocycles. The van der Waals surface area contributed by atoms with Crippen LogP contribution in [0.2, 0.25) is 0 Å². The van der Waals surface area contributed by atoms with Gasteiger partial charge < -0.3 is 10.1 Å². The van der Waals surface area contributed by atoms with E-state index in [2.05, 4.69) is 15.0 Å². The topological polar surface area (TPSA) is 79.8 Å². The highest BCUT2D eigenvalue weighted by atomic mass is 32.2. The summed E-state index contributed by atoms with van der Waals surface area (Å²) in [5.41, 5.74) is 0. The molecule has 7 heteroatoms. The molecule has 2 saturated heterocycles. The van der Waals surface area contributed by atoms with Gasteiger partial charge in [0.25, 0.3) is 6.02 Å². The van der Waals surface area contributed by atoms with Crippen LogP contribution in [0.25, 0.3) is 0 Å². The summed E-state index contributed by atoms with van der Waals surface area (Å²) in [7, 11) is -3.35. The van der Waals surface area contributed by atoms with Crippen molar-refractivity contribution in [2.75, 3.05) is 13.1 Å². The van der Waals surface area contributed by atoms with Crippen LogP contribution in [-0.4, -0.2) is 44.9 Å². The Morgan fingerprint density at radius 1 is 1.16 bits per heavy atom. The maximum atomic E-state index is 12.2. The molecule has 1 aliphatic carbocycles. The molecule has 6 nitrogen and oxygen atoms in total. The molecule has 3 fully saturated rings. The van der Waals surface area contributed by atoms with E-state index >= 15 is 0 Å². The fraction of sp³-hybridized carbons (Fsp3) is 0.917. The molecule has 0 aromatic carbocycles. The van der Waals surface area contributed by atoms with E-state index in [1.54, 1.807) is 0 Å². The molecule has 0 spiro atoms. The molecule has 2 atom stereocenters. The number of nitrogens with zero attached hydrogens (tertiary/aromatic N) is 1. The fourth-order valence-corrected chi connectivity index (χ4v) is 4.47. The molecule has 2 aliphatic heterocycles. The van der Waals surface area contributed by atoms with Gasteiger partial charge in [-0.3, -0.25) is 0 Å². The van der Waals surface area contributed by atoms with E-state index in [4.69, 9.17) is 4.74 Å². The highest BCUT2D eigenvalue weighted by Crippen LogP contribution is 2.23. The van der Waals surface area contributed by atoms with Gasteiger partial charge in [-0.25, -0.2) is 18.1 Å². The number of rotatable bonds is 1. The first kappa shape index (κ1) is 13.2. The molecule has 2 heterocycles. The van der Waals surface area contributed by atoms with Crippen LogP contribution in [0.4, 0.5) is 0 Å². The third-order valence-electron chi connectivity index (χ3n) is 4.13. The van der Waals surface area contributed by atoms with E-state index in [9.17, 15) is 8.42 Å². The van der Waals surface area contributed by atoms with Crippen LogP contribution >= 0.6 is 0 Å². The van der Waals surface area contributed by atoms with Crippen molar-refractivity contribution in [2.45, 2.75) is 55.9 Å². The van der Waals surface area contributed by atoms with Crippen molar-refractivity contribution in [1.29, 1.82) is 0 Å². The van der Waals surface area contributed by atoms with Gasteiger partial charge in [0.15, 0.2) is 0 Å². The van der Waals surface area contributed by atoms with Crippen molar-refractivity contribution in [3.8, 4) is 0 Å². The Bertz CT molecular complexity index is 457. The average molecular weight is 287 g/mol. The summed E-state index contributed by atoms with van der Waals surface area (Å²) in [5.74, 6) is 0. The molecule has 1 saturated carbocycles. The Labute approximate surface area is 114 Å². The highest BCUT2D eigenvalue weighted by Gasteiger charge is 2.42. The van der Waals surface area contributed by atoms with Crippen molar-refractivity contribution < 1.29 is 13.2 Å². The van der Waals surface area contributed by atoms with Crippen LogP contribution in [-0.2, 0) is 14.8 Å². The fourth-order valence-electron chi connectivity index (χ4n) is 3.05. The van der Waals surface area contributed by atoms with Gasteiger partial charge in [0.05, 0.1) is 6.04 Å². The Hall–Kier alpha value is -0.820. The number of nitrogens with one attached hydrogen (secondary N) is 2. The van der Waals surface area contributed by atoms with Gasteiger partial charge in [-0.2, -0.15) is 0 Å². The summed E-state index contributed by atoms with van der Waals surface area (Å²) < 4.78 is 32.6. The minimum atomic E-state index is -3.35. The monoisotopic (exact) mass is 287 g/mol. The summed E-state index contributed by atoms with van der Waals surface area (Å²) in [5, 5.41) is 2.60. The van der Waals surface area contributed by atoms with E-state index in [-0.39, 0.29) is 18.2 Å². The molecular formula is C12H21N3O3S. The lowest BCUT2D eigenvalue weighted by molar-refractivity contribution is 0.137. The molecule has 0 bridgehead atoms. The summed E-state index contributed by atoms with van der Waals surface area (Å²) >= 11 is 0. The van der Waals surface area contributed by atoms with E-state index in [1.165, 1.54) is 19.3 Å². The number of amidine groups is 1. The first-order valence-corrected chi connectivity index (χ1v) is 8.66. The molecule has 0 radical (unpaired) electrons. The molecule has 19 heavy (non-hydrogen) atoms. The molecule has 108 valence electrons. The zero-order chi connectivity index (χ0) is 13.3. The third kappa shape index (κ3) is 2.86. The van der Waals surface area contributed by atoms with Crippen LogP contribution in [0.1, 0.15) is 38.5 Å². The summed E-state index contributed by atoms with van der Waals surface area (Å²) in [6.07, 6.45) is 6.12. The lowest BCUT2D eigenvalue weighted by Gasteiger charge is -2.36. The van der Waals surface area contributed by atoms with Crippen molar-refractivity contribution in [1.82, 2.24) is 10.0 Å². The van der Waals surface area contributed by atoms with E-state index < -0.39 is 15.3 Å². The van der Waals surface area contributed by atoms with Gasteiger partial charge in [0.1, 0.15) is 11.4 Å². The summed E-state index contributed by atoms with van der Waals surface area (Å²) in [6.45, 7) is 1.25. The van der Waals surface area contributed by atoms with Crippen LogP contribution in [0, 0.1) is 0 Å². The lowest BCUT2D eigenvalue weighted by Crippen LogP contribution is -2.59. The standard InChI is InChI=1S/C12H21N3O3S/c16-19(17)11-8-13-7-6-10(11)18-12(15-19)14-9-4-2-1-3-5-9/h9-11,13H,1-8H2,(H,14,15)/t10-,11-/m1/s1. The maximum absolute atomic E-state index is 12.2. The number of hydrogen-bond donors (Lipinski definition) is 2. The second-order valence-corrected chi connectivity index (χ2v) is 7.46. The molecule has 0 amide bonds. The SMILES string of the molecule is O=S1(=O)NC(=NC2CCCCC2)O[C@@H]2CCNC[C@H]21. The molecule has 3 rings (SSSR count). The smallest absolute Gasteiger partial charge is 0.299 e. The average Bonchev–Trinajstić information content (AvgIpc) is 2.39. The van der Waals surface area contributed by atoms with Crippen LogP contribution in [0.5, 0.6) is 0 Å². The number of aliphatic imine (C=N–C) groups is 1. The normalized spacial score (nSPS) is 37.2.